The van der Waals surface area contributed by atoms with Crippen LogP contribution < -0.4 is 0 Å². The van der Waals surface area contributed by atoms with E-state index in [1.54, 1.807) is 17.8 Å². The van der Waals surface area contributed by atoms with Gasteiger partial charge in [-0.25, -0.2) is 0 Å². The number of rotatable bonds is 5. The molecule has 0 saturated heterocycles. The minimum atomic E-state index is -1.14. The average Bonchev–Trinajstić information content (AvgIpc) is 2.81. The minimum Gasteiger partial charge on any atom is -0.379 e. The van der Waals surface area contributed by atoms with Crippen molar-refractivity contribution in [3.63, 3.8) is 0 Å². The highest BCUT2D eigenvalue weighted by Crippen LogP contribution is 2.34. The van der Waals surface area contributed by atoms with E-state index in [0.29, 0.717) is 10.7 Å². The van der Waals surface area contributed by atoms with Crippen molar-refractivity contribution in [2.45, 2.75) is 45.8 Å². The number of hydrogen-bond acceptors (Lipinski definition) is 2. The zero-order chi connectivity index (χ0) is 14.8. The van der Waals surface area contributed by atoms with E-state index in [-0.39, 0.29) is 0 Å². The lowest BCUT2D eigenvalue weighted by atomic mass is 9.91. The molecule has 0 saturated carbocycles. The number of hydrogen-bond donors (Lipinski definition) is 1. The molecule has 1 unspecified atom stereocenters. The van der Waals surface area contributed by atoms with Crippen molar-refractivity contribution in [1.82, 2.24) is 9.78 Å². The van der Waals surface area contributed by atoms with Crippen LogP contribution in [-0.2, 0) is 18.6 Å². The molecule has 4 heteroatoms. The molecule has 1 aromatic heterocycles. The van der Waals surface area contributed by atoms with Gasteiger partial charge in [-0.3, -0.25) is 4.68 Å². The summed E-state index contributed by atoms with van der Waals surface area (Å²) in [5.41, 5.74) is 1.59. The maximum Gasteiger partial charge on any atom is 0.130 e. The molecule has 0 bridgehead atoms. The lowest BCUT2D eigenvalue weighted by molar-refractivity contribution is 0.0915. The number of benzene rings is 1. The Morgan fingerprint density at radius 3 is 2.45 bits per heavy atom. The van der Waals surface area contributed by atoms with Gasteiger partial charge in [0.15, 0.2) is 0 Å². The topological polar surface area (TPSA) is 38.0 Å². The Bertz CT molecular complexity index is 573. The molecule has 0 aliphatic rings. The third-order valence-electron chi connectivity index (χ3n) is 3.62. The maximum absolute atomic E-state index is 11.0. The van der Waals surface area contributed by atoms with E-state index in [4.69, 9.17) is 11.6 Å². The smallest absolute Gasteiger partial charge is 0.130 e. The number of aryl methyl sites for hydroxylation is 2. The zero-order valence-electron chi connectivity index (χ0n) is 12.2. The Labute approximate surface area is 125 Å². The van der Waals surface area contributed by atoms with Gasteiger partial charge < -0.3 is 5.11 Å². The maximum atomic E-state index is 11.0. The summed E-state index contributed by atoms with van der Waals surface area (Å²) in [6.45, 7) is 6.69. The van der Waals surface area contributed by atoms with Crippen molar-refractivity contribution in [2.75, 3.05) is 0 Å². The number of nitrogens with zero attached hydrogens (tertiary/aromatic N) is 2. The number of aromatic nitrogens is 2. The highest BCUT2D eigenvalue weighted by Gasteiger charge is 2.32. The predicted octanol–water partition coefficient (Wildman–Crippen LogP) is 3.76. The second-order valence-corrected chi connectivity index (χ2v) is 5.59. The lowest BCUT2D eigenvalue weighted by Gasteiger charge is -2.26. The van der Waals surface area contributed by atoms with Crippen LogP contribution in [0.4, 0.5) is 0 Å². The quantitative estimate of drug-likeness (QED) is 0.911. The van der Waals surface area contributed by atoms with Crippen molar-refractivity contribution in [3.8, 4) is 0 Å². The van der Waals surface area contributed by atoms with E-state index < -0.39 is 5.60 Å². The number of aliphatic hydroxyl groups is 1. The monoisotopic (exact) mass is 292 g/mol. The molecular weight excluding hydrogens is 272 g/mol. The van der Waals surface area contributed by atoms with Crippen LogP contribution >= 0.6 is 11.6 Å². The van der Waals surface area contributed by atoms with Gasteiger partial charge in [0, 0.05) is 6.54 Å². The number of halogens is 1. The van der Waals surface area contributed by atoms with E-state index in [2.05, 4.69) is 18.9 Å². The first-order valence-corrected chi connectivity index (χ1v) is 7.42. The van der Waals surface area contributed by atoms with E-state index in [0.717, 1.165) is 24.9 Å². The van der Waals surface area contributed by atoms with Gasteiger partial charge in [-0.15, -0.1) is 0 Å². The third kappa shape index (κ3) is 2.74. The van der Waals surface area contributed by atoms with Crippen molar-refractivity contribution in [1.29, 1.82) is 0 Å². The molecule has 0 fully saturated rings. The standard InChI is InChI=1S/C16H21ClN2O/c1-4-10-19-15(14(17)11-18-19)16(3,20)13-8-6-12(5-2)7-9-13/h6-9,11,20H,4-5,10H2,1-3H3. The van der Waals surface area contributed by atoms with Crippen LogP contribution in [0.2, 0.25) is 5.02 Å². The molecule has 108 valence electrons. The van der Waals surface area contributed by atoms with E-state index >= 15 is 0 Å². The Hall–Kier alpha value is -1.32. The first-order chi connectivity index (χ1) is 9.50. The molecular formula is C16H21ClN2O. The van der Waals surface area contributed by atoms with Gasteiger partial charge in [-0.1, -0.05) is 49.7 Å². The van der Waals surface area contributed by atoms with Gasteiger partial charge in [-0.05, 0) is 30.9 Å². The fraction of sp³-hybridized carbons (Fsp3) is 0.438. The van der Waals surface area contributed by atoms with Crippen LogP contribution in [-0.4, -0.2) is 14.9 Å². The summed E-state index contributed by atoms with van der Waals surface area (Å²) >= 11 is 6.23. The Kier molecular flexibility index (Phi) is 4.51. The third-order valence-corrected chi connectivity index (χ3v) is 3.89. The second kappa shape index (κ2) is 5.98. The van der Waals surface area contributed by atoms with Gasteiger partial charge in [0.25, 0.3) is 0 Å². The van der Waals surface area contributed by atoms with Gasteiger partial charge in [0.05, 0.1) is 16.9 Å². The van der Waals surface area contributed by atoms with Crippen molar-refractivity contribution >= 4 is 11.6 Å². The Balaban J connectivity index is 2.45. The highest BCUT2D eigenvalue weighted by atomic mass is 35.5. The van der Waals surface area contributed by atoms with E-state index in [1.165, 1.54) is 5.56 Å². The minimum absolute atomic E-state index is 0.503. The second-order valence-electron chi connectivity index (χ2n) is 5.19. The SMILES string of the molecule is CCCn1ncc(Cl)c1C(C)(O)c1ccc(CC)cc1. The van der Waals surface area contributed by atoms with E-state index in [1.807, 2.05) is 24.3 Å². The van der Waals surface area contributed by atoms with Crippen LogP contribution in [0, 0.1) is 0 Å². The van der Waals surface area contributed by atoms with Crippen LogP contribution in [0.3, 0.4) is 0 Å². The molecule has 1 heterocycles. The highest BCUT2D eigenvalue weighted by molar-refractivity contribution is 6.31. The predicted molar refractivity (Wildman–Crippen MR) is 82.0 cm³/mol. The normalized spacial score (nSPS) is 14.2. The van der Waals surface area contributed by atoms with Gasteiger partial charge in [-0.2, -0.15) is 5.10 Å². The molecule has 2 aromatic rings. The Morgan fingerprint density at radius 1 is 1.25 bits per heavy atom. The summed E-state index contributed by atoms with van der Waals surface area (Å²) in [6.07, 6.45) is 3.52. The molecule has 3 nitrogen and oxygen atoms in total. The largest absolute Gasteiger partial charge is 0.379 e. The molecule has 0 amide bonds. The first kappa shape index (κ1) is 15.1. The summed E-state index contributed by atoms with van der Waals surface area (Å²) in [5, 5.41) is 15.7. The lowest BCUT2D eigenvalue weighted by Crippen LogP contribution is -2.27. The average molecular weight is 293 g/mol. The van der Waals surface area contributed by atoms with E-state index in [9.17, 15) is 5.11 Å². The summed E-state index contributed by atoms with van der Waals surface area (Å²) in [6, 6.07) is 7.99. The molecule has 0 aliphatic carbocycles. The van der Waals surface area contributed by atoms with Crippen molar-refractivity contribution < 1.29 is 5.11 Å². The summed E-state index contributed by atoms with van der Waals surface area (Å²) in [5.74, 6) is 0. The zero-order valence-corrected chi connectivity index (χ0v) is 13.0. The fourth-order valence-corrected chi connectivity index (χ4v) is 2.75. The van der Waals surface area contributed by atoms with Gasteiger partial charge in [0.1, 0.15) is 5.60 Å². The molecule has 2 rings (SSSR count). The molecule has 20 heavy (non-hydrogen) atoms. The molecule has 0 aliphatic heterocycles. The molecule has 0 radical (unpaired) electrons. The first-order valence-electron chi connectivity index (χ1n) is 7.04. The van der Waals surface area contributed by atoms with Crippen LogP contribution in [0.5, 0.6) is 0 Å². The van der Waals surface area contributed by atoms with Gasteiger partial charge >= 0.3 is 0 Å². The Morgan fingerprint density at radius 2 is 1.90 bits per heavy atom. The van der Waals surface area contributed by atoms with Crippen molar-refractivity contribution in [3.05, 3.63) is 52.3 Å². The van der Waals surface area contributed by atoms with Crippen LogP contribution in [0.15, 0.2) is 30.5 Å². The van der Waals surface area contributed by atoms with Crippen molar-refractivity contribution in [2.24, 2.45) is 0 Å². The van der Waals surface area contributed by atoms with Gasteiger partial charge in [0.2, 0.25) is 0 Å². The summed E-state index contributed by atoms with van der Waals surface area (Å²) in [4.78, 5) is 0. The van der Waals surface area contributed by atoms with Crippen LogP contribution in [0.25, 0.3) is 0 Å². The molecule has 1 N–H and O–H groups in total. The molecule has 0 spiro atoms. The fourth-order valence-electron chi connectivity index (χ4n) is 2.43. The van der Waals surface area contributed by atoms with Crippen LogP contribution in [0.1, 0.15) is 44.0 Å². The molecule has 1 aromatic carbocycles. The molecule has 1 atom stereocenters. The summed E-state index contributed by atoms with van der Waals surface area (Å²) < 4.78 is 1.79. The summed E-state index contributed by atoms with van der Waals surface area (Å²) in [7, 11) is 0.